The SMILES string of the molecule is CC(=N/Nc1c(Cl)cc(Cl)cc1Cl)/C(=N/O)C(=O)Nc1ccccc1. The summed E-state index contributed by atoms with van der Waals surface area (Å²) >= 11 is 17.9. The zero-order chi connectivity index (χ0) is 18.4. The molecule has 3 N–H and O–H groups in total. The van der Waals surface area contributed by atoms with Gasteiger partial charge in [-0.05, 0) is 31.2 Å². The smallest absolute Gasteiger partial charge is 0.279 e. The van der Waals surface area contributed by atoms with E-state index in [1.165, 1.54) is 19.1 Å². The second-order valence-corrected chi connectivity index (χ2v) is 6.07. The number of nitrogens with zero attached hydrogens (tertiary/aromatic N) is 2. The lowest BCUT2D eigenvalue weighted by atomic mass is 10.2. The molecule has 0 bridgehead atoms. The first-order chi connectivity index (χ1) is 11.9. The van der Waals surface area contributed by atoms with E-state index in [0.717, 1.165) is 0 Å². The fourth-order valence-corrected chi connectivity index (χ4v) is 2.74. The van der Waals surface area contributed by atoms with Crippen LogP contribution in [0.25, 0.3) is 0 Å². The van der Waals surface area contributed by atoms with Gasteiger partial charge in [-0.1, -0.05) is 58.2 Å². The highest BCUT2D eigenvalue weighted by Gasteiger charge is 2.17. The molecule has 0 saturated heterocycles. The molecule has 2 aromatic carbocycles. The molecule has 0 saturated carbocycles. The van der Waals surface area contributed by atoms with Gasteiger partial charge < -0.3 is 10.5 Å². The van der Waals surface area contributed by atoms with Gasteiger partial charge >= 0.3 is 0 Å². The van der Waals surface area contributed by atoms with Gasteiger partial charge in [0.25, 0.3) is 5.91 Å². The number of oxime groups is 1. The molecule has 0 fully saturated rings. The number of benzene rings is 2. The maximum absolute atomic E-state index is 12.2. The van der Waals surface area contributed by atoms with Crippen molar-refractivity contribution >= 4 is 63.5 Å². The third-order valence-corrected chi connectivity index (χ3v) is 3.85. The van der Waals surface area contributed by atoms with Crippen LogP contribution in [0.4, 0.5) is 11.4 Å². The minimum atomic E-state index is -0.620. The Labute approximate surface area is 159 Å². The molecule has 0 atom stereocenters. The summed E-state index contributed by atoms with van der Waals surface area (Å²) < 4.78 is 0. The molecule has 0 aromatic heterocycles. The fraction of sp³-hybridized carbons (Fsp3) is 0.0625. The molecular formula is C16H13Cl3N4O2. The van der Waals surface area contributed by atoms with Crippen LogP contribution in [0, 0.1) is 0 Å². The van der Waals surface area contributed by atoms with Crippen LogP contribution in [0.1, 0.15) is 6.92 Å². The summed E-state index contributed by atoms with van der Waals surface area (Å²) in [4.78, 5) is 12.2. The van der Waals surface area contributed by atoms with Crippen LogP contribution in [0.15, 0.2) is 52.7 Å². The topological polar surface area (TPSA) is 86.1 Å². The standard InChI is InChI=1S/C16H13Cl3N4O2/c1-9(21-22-15-12(18)7-10(17)8-13(15)19)14(23-25)16(24)20-11-5-3-2-4-6-11/h2-8,22,25H,1H3,(H,20,24)/b21-9-,23-14-. The minimum Gasteiger partial charge on any atom is -0.410 e. The number of anilines is 2. The lowest BCUT2D eigenvalue weighted by Gasteiger charge is -2.09. The molecule has 0 aliphatic heterocycles. The van der Waals surface area contributed by atoms with Gasteiger partial charge in [-0.15, -0.1) is 0 Å². The van der Waals surface area contributed by atoms with Crippen LogP contribution < -0.4 is 10.7 Å². The van der Waals surface area contributed by atoms with Gasteiger partial charge in [-0.2, -0.15) is 5.10 Å². The molecular weight excluding hydrogens is 387 g/mol. The van der Waals surface area contributed by atoms with E-state index < -0.39 is 5.91 Å². The molecule has 0 aliphatic rings. The number of amides is 1. The van der Waals surface area contributed by atoms with Gasteiger partial charge in [0.1, 0.15) is 0 Å². The molecule has 9 heteroatoms. The van der Waals surface area contributed by atoms with Crippen LogP contribution in [0.5, 0.6) is 0 Å². The van der Waals surface area contributed by atoms with E-state index in [9.17, 15) is 4.79 Å². The summed E-state index contributed by atoms with van der Waals surface area (Å²) in [6.07, 6.45) is 0. The Kier molecular flexibility index (Phi) is 6.64. The van der Waals surface area contributed by atoms with E-state index in [4.69, 9.17) is 40.0 Å². The van der Waals surface area contributed by atoms with E-state index >= 15 is 0 Å². The quantitative estimate of drug-likeness (QED) is 0.379. The van der Waals surface area contributed by atoms with E-state index in [1.807, 2.05) is 6.07 Å². The Balaban J connectivity index is 2.15. The fourth-order valence-electron chi connectivity index (χ4n) is 1.84. The number of carbonyl (C=O) groups excluding carboxylic acids is 1. The number of carbonyl (C=O) groups is 1. The van der Waals surface area contributed by atoms with Crippen molar-refractivity contribution in [3.8, 4) is 0 Å². The number of rotatable bonds is 5. The summed E-state index contributed by atoms with van der Waals surface area (Å²) in [6, 6.07) is 11.7. The monoisotopic (exact) mass is 398 g/mol. The van der Waals surface area contributed by atoms with Crippen molar-refractivity contribution in [1.82, 2.24) is 0 Å². The zero-order valence-corrected chi connectivity index (χ0v) is 15.2. The minimum absolute atomic E-state index is 0.123. The van der Waals surface area contributed by atoms with E-state index in [2.05, 4.69) is 21.0 Å². The van der Waals surface area contributed by atoms with Gasteiger partial charge in [0.05, 0.1) is 21.4 Å². The number of halogens is 3. The molecule has 0 unspecified atom stereocenters. The predicted molar refractivity (Wildman–Crippen MR) is 102 cm³/mol. The lowest BCUT2D eigenvalue weighted by Crippen LogP contribution is -2.29. The Morgan fingerprint density at radius 2 is 1.68 bits per heavy atom. The predicted octanol–water partition coefficient (Wildman–Crippen LogP) is 4.90. The summed E-state index contributed by atoms with van der Waals surface area (Å²) in [5.74, 6) is -0.620. The first-order valence-corrected chi connectivity index (χ1v) is 8.09. The van der Waals surface area contributed by atoms with E-state index in [1.54, 1.807) is 24.3 Å². The van der Waals surface area contributed by atoms with Gasteiger partial charge in [-0.3, -0.25) is 10.2 Å². The van der Waals surface area contributed by atoms with Crippen LogP contribution >= 0.6 is 34.8 Å². The highest BCUT2D eigenvalue weighted by molar-refractivity contribution is 6.68. The molecule has 2 rings (SSSR count). The van der Waals surface area contributed by atoms with E-state index in [0.29, 0.717) is 16.4 Å². The van der Waals surface area contributed by atoms with Gasteiger partial charge in [-0.25, -0.2) is 0 Å². The van der Waals surface area contributed by atoms with Crippen molar-refractivity contribution in [3.63, 3.8) is 0 Å². The summed E-state index contributed by atoms with van der Waals surface area (Å²) in [5.41, 5.74) is 3.36. The summed E-state index contributed by atoms with van der Waals surface area (Å²) in [6.45, 7) is 1.49. The number of para-hydroxylation sites is 1. The molecule has 6 nitrogen and oxygen atoms in total. The third-order valence-electron chi connectivity index (χ3n) is 3.03. The summed E-state index contributed by atoms with van der Waals surface area (Å²) in [7, 11) is 0. The number of hydrogen-bond donors (Lipinski definition) is 3. The normalized spacial score (nSPS) is 12.0. The van der Waals surface area contributed by atoms with E-state index in [-0.39, 0.29) is 21.5 Å². The maximum Gasteiger partial charge on any atom is 0.279 e. The van der Waals surface area contributed by atoms with Crippen molar-refractivity contribution in [1.29, 1.82) is 0 Å². The molecule has 25 heavy (non-hydrogen) atoms. The molecule has 0 radical (unpaired) electrons. The average Bonchev–Trinajstić information content (AvgIpc) is 2.55. The number of hydrazone groups is 1. The van der Waals surface area contributed by atoms with Gasteiger partial charge in [0.2, 0.25) is 0 Å². The average molecular weight is 400 g/mol. The third kappa shape index (κ3) is 5.09. The van der Waals surface area contributed by atoms with Crippen molar-refractivity contribution in [2.75, 3.05) is 10.7 Å². The van der Waals surface area contributed by atoms with Crippen LogP contribution in [-0.2, 0) is 4.79 Å². The maximum atomic E-state index is 12.2. The molecule has 2 aromatic rings. The van der Waals surface area contributed by atoms with Crippen LogP contribution in [0.2, 0.25) is 15.1 Å². The largest absolute Gasteiger partial charge is 0.410 e. The van der Waals surface area contributed by atoms with Crippen LogP contribution in [0.3, 0.4) is 0 Å². The Bertz CT molecular complexity index is 816. The van der Waals surface area contributed by atoms with Crippen molar-refractivity contribution in [2.45, 2.75) is 6.92 Å². The van der Waals surface area contributed by atoms with Crippen LogP contribution in [-0.4, -0.2) is 22.5 Å². The van der Waals surface area contributed by atoms with Gasteiger partial charge in [0.15, 0.2) is 5.71 Å². The Morgan fingerprint density at radius 3 is 2.24 bits per heavy atom. The first kappa shape index (κ1) is 19.1. The van der Waals surface area contributed by atoms with Crippen molar-refractivity contribution in [3.05, 3.63) is 57.5 Å². The van der Waals surface area contributed by atoms with Gasteiger partial charge in [0, 0.05) is 10.7 Å². The highest BCUT2D eigenvalue weighted by Crippen LogP contribution is 2.33. The molecule has 0 aliphatic carbocycles. The molecule has 1 amide bonds. The van der Waals surface area contributed by atoms with Crippen molar-refractivity contribution in [2.24, 2.45) is 10.3 Å². The number of nitrogens with one attached hydrogen (secondary N) is 2. The summed E-state index contributed by atoms with van der Waals surface area (Å²) in [5, 5.41) is 19.6. The Hall–Kier alpha value is -2.28. The van der Waals surface area contributed by atoms with Crippen molar-refractivity contribution < 1.29 is 10.0 Å². The molecule has 0 spiro atoms. The molecule has 130 valence electrons. The zero-order valence-electron chi connectivity index (χ0n) is 12.9. The second-order valence-electron chi connectivity index (χ2n) is 4.82. The number of hydrogen-bond acceptors (Lipinski definition) is 5. The first-order valence-electron chi connectivity index (χ1n) is 6.96. The highest BCUT2D eigenvalue weighted by atomic mass is 35.5. The lowest BCUT2D eigenvalue weighted by molar-refractivity contribution is -0.110. The Morgan fingerprint density at radius 1 is 1.08 bits per heavy atom. The molecule has 0 heterocycles. The second kappa shape index (κ2) is 8.71.